The van der Waals surface area contributed by atoms with E-state index in [4.69, 9.17) is 14.9 Å². The number of hydrogen-bond donors (Lipinski definition) is 4. The van der Waals surface area contributed by atoms with Crippen molar-refractivity contribution < 1.29 is 37.3 Å². The number of hydrogen-bond acceptors (Lipinski definition) is 8. The number of aromatic nitrogens is 1. The fourth-order valence-corrected chi connectivity index (χ4v) is 3.18. The molecule has 0 saturated heterocycles. The van der Waals surface area contributed by atoms with Crippen LogP contribution >= 0.6 is 0 Å². The second-order valence-corrected chi connectivity index (χ2v) is 8.93. The lowest BCUT2D eigenvalue weighted by Gasteiger charge is -2.32. The van der Waals surface area contributed by atoms with Gasteiger partial charge < -0.3 is 35.4 Å². The van der Waals surface area contributed by atoms with Crippen LogP contribution in [0.25, 0.3) is 0 Å². The molecule has 1 aliphatic carbocycles. The van der Waals surface area contributed by atoms with E-state index in [0.29, 0.717) is 24.3 Å². The zero-order valence-electron chi connectivity index (χ0n) is 19.4. The molecule has 1 heterocycles. The molecule has 1 aromatic carbocycles. The van der Waals surface area contributed by atoms with E-state index in [-0.39, 0.29) is 35.5 Å². The number of alkyl carbamates (subject to hydrolysis) is 1. The van der Waals surface area contributed by atoms with E-state index in [1.54, 1.807) is 26.8 Å². The SMILES string of the molecule is CC(C)(C)OC(=O)NCC(=N)c1c(O[C@H]2C[C@H](O)C2)ccnc1Nc1ccc(OC(F)(F)F)cc1. The maximum Gasteiger partial charge on any atom is 0.573 e. The third-order valence-corrected chi connectivity index (χ3v) is 4.74. The van der Waals surface area contributed by atoms with Crippen LogP contribution in [0.5, 0.6) is 11.5 Å². The van der Waals surface area contributed by atoms with Gasteiger partial charge in [0.05, 0.1) is 23.9 Å². The second-order valence-electron chi connectivity index (χ2n) is 8.93. The van der Waals surface area contributed by atoms with E-state index in [0.717, 1.165) is 12.1 Å². The molecule has 190 valence electrons. The Labute approximate surface area is 200 Å². The lowest BCUT2D eigenvalue weighted by molar-refractivity contribution is -0.274. The Morgan fingerprint density at radius 2 is 1.83 bits per heavy atom. The molecule has 1 amide bonds. The van der Waals surface area contributed by atoms with Gasteiger partial charge in [-0.2, -0.15) is 0 Å². The van der Waals surface area contributed by atoms with E-state index in [1.807, 2.05) is 0 Å². The Morgan fingerprint density at radius 1 is 1.17 bits per heavy atom. The first-order valence-corrected chi connectivity index (χ1v) is 10.8. The van der Waals surface area contributed by atoms with Gasteiger partial charge in [0, 0.05) is 24.7 Å². The Balaban J connectivity index is 1.81. The molecular weight excluding hydrogens is 469 g/mol. The van der Waals surface area contributed by atoms with E-state index in [2.05, 4.69) is 20.4 Å². The number of benzene rings is 1. The van der Waals surface area contributed by atoms with Crippen molar-refractivity contribution in [3.05, 3.63) is 42.1 Å². The van der Waals surface area contributed by atoms with Crippen molar-refractivity contribution in [3.63, 3.8) is 0 Å². The Bertz CT molecular complexity index is 1050. The molecule has 1 fully saturated rings. The fraction of sp³-hybridized carbons (Fsp3) is 0.435. The zero-order chi connectivity index (χ0) is 25.8. The third kappa shape index (κ3) is 8.02. The van der Waals surface area contributed by atoms with Crippen molar-refractivity contribution in [2.24, 2.45) is 0 Å². The fourth-order valence-electron chi connectivity index (χ4n) is 3.18. The first-order chi connectivity index (χ1) is 16.3. The first kappa shape index (κ1) is 26.1. The smallest absolute Gasteiger partial charge is 0.489 e. The Hall–Kier alpha value is -3.54. The highest BCUT2D eigenvalue weighted by Gasteiger charge is 2.32. The topological polar surface area (TPSA) is 126 Å². The molecule has 2 aromatic rings. The summed E-state index contributed by atoms with van der Waals surface area (Å²) in [7, 11) is 0. The number of carbonyl (C=O) groups excluding carboxylic acids is 1. The molecular formula is C23H27F3N4O5. The number of anilines is 2. The predicted molar refractivity (Wildman–Crippen MR) is 121 cm³/mol. The number of aliphatic hydroxyl groups is 1. The zero-order valence-corrected chi connectivity index (χ0v) is 19.4. The van der Waals surface area contributed by atoms with Crippen LogP contribution in [0.3, 0.4) is 0 Å². The van der Waals surface area contributed by atoms with Gasteiger partial charge in [0.1, 0.15) is 29.0 Å². The van der Waals surface area contributed by atoms with E-state index in [1.165, 1.54) is 18.3 Å². The van der Waals surface area contributed by atoms with Crippen molar-refractivity contribution in [3.8, 4) is 11.5 Å². The summed E-state index contributed by atoms with van der Waals surface area (Å²) in [4.78, 5) is 16.3. The van der Waals surface area contributed by atoms with Crippen LogP contribution in [0.2, 0.25) is 0 Å². The minimum atomic E-state index is -4.80. The average Bonchev–Trinajstić information content (AvgIpc) is 2.70. The van der Waals surface area contributed by atoms with Crippen molar-refractivity contribution in [1.29, 1.82) is 5.41 Å². The van der Waals surface area contributed by atoms with Crippen LogP contribution in [0.4, 0.5) is 29.5 Å². The molecule has 9 nitrogen and oxygen atoms in total. The van der Waals surface area contributed by atoms with Crippen molar-refractivity contribution in [2.45, 2.75) is 57.8 Å². The molecule has 0 spiro atoms. The minimum absolute atomic E-state index is 0.0432. The summed E-state index contributed by atoms with van der Waals surface area (Å²) in [5.74, 6) is 0.126. The highest BCUT2D eigenvalue weighted by atomic mass is 19.4. The predicted octanol–water partition coefficient (Wildman–Crippen LogP) is 4.52. The summed E-state index contributed by atoms with van der Waals surface area (Å²) < 4.78 is 52.3. The number of alkyl halides is 3. The maximum atomic E-state index is 12.4. The third-order valence-electron chi connectivity index (χ3n) is 4.74. The normalized spacial score (nSPS) is 17.7. The lowest BCUT2D eigenvalue weighted by Crippen LogP contribution is -2.38. The molecule has 35 heavy (non-hydrogen) atoms. The number of rotatable bonds is 8. The molecule has 1 saturated carbocycles. The van der Waals surface area contributed by atoms with Gasteiger partial charge in [0.25, 0.3) is 0 Å². The molecule has 0 unspecified atom stereocenters. The molecule has 12 heteroatoms. The summed E-state index contributed by atoms with van der Waals surface area (Å²) in [6, 6.07) is 6.57. The van der Waals surface area contributed by atoms with Crippen molar-refractivity contribution >= 4 is 23.3 Å². The van der Waals surface area contributed by atoms with E-state index < -0.39 is 24.2 Å². The Morgan fingerprint density at radius 3 is 2.40 bits per heavy atom. The number of carbonyl (C=O) groups is 1. The average molecular weight is 496 g/mol. The van der Waals surface area contributed by atoms with Gasteiger partial charge in [-0.15, -0.1) is 13.2 Å². The molecule has 0 bridgehead atoms. The number of ether oxygens (including phenoxy) is 3. The molecule has 4 N–H and O–H groups in total. The molecule has 1 aromatic heterocycles. The highest BCUT2D eigenvalue weighted by Crippen LogP contribution is 2.33. The largest absolute Gasteiger partial charge is 0.573 e. The van der Waals surface area contributed by atoms with Crippen LogP contribution in [0, 0.1) is 5.41 Å². The number of amides is 1. The van der Waals surface area contributed by atoms with Gasteiger partial charge in [0.2, 0.25) is 0 Å². The van der Waals surface area contributed by atoms with Crippen LogP contribution in [-0.2, 0) is 4.74 Å². The van der Waals surface area contributed by atoms with Gasteiger partial charge in [-0.05, 0) is 51.1 Å². The quantitative estimate of drug-likeness (QED) is 0.396. The van der Waals surface area contributed by atoms with Gasteiger partial charge in [-0.1, -0.05) is 0 Å². The van der Waals surface area contributed by atoms with Gasteiger partial charge in [-0.3, -0.25) is 0 Å². The standard InChI is InChI=1S/C23H27F3N4O5/c1-22(2,3)35-21(32)29-12-17(27)19-18(33-16-10-14(31)11-16)8-9-28-20(19)30-13-4-6-15(7-5-13)34-23(24,25)26/h4-9,14,16,27,31H,10-12H2,1-3H3,(H,28,30)(H,29,32)/t14-,16-. The summed E-state index contributed by atoms with van der Waals surface area (Å²) in [6.45, 7) is 4.94. The Kier molecular flexibility index (Phi) is 7.73. The number of nitrogens with one attached hydrogen (secondary N) is 3. The molecule has 0 aliphatic heterocycles. The molecule has 3 rings (SSSR count). The molecule has 0 atom stereocenters. The number of aliphatic hydroxyl groups excluding tert-OH is 1. The van der Waals surface area contributed by atoms with Gasteiger partial charge in [0.15, 0.2) is 0 Å². The van der Waals surface area contributed by atoms with Crippen molar-refractivity contribution in [2.75, 3.05) is 11.9 Å². The number of nitrogens with zero attached hydrogens (tertiary/aromatic N) is 1. The molecule has 1 aliphatic rings. The van der Waals surface area contributed by atoms with Gasteiger partial charge >= 0.3 is 12.5 Å². The van der Waals surface area contributed by atoms with Crippen LogP contribution in [-0.4, -0.2) is 52.6 Å². The molecule has 0 radical (unpaired) electrons. The number of halogens is 3. The van der Waals surface area contributed by atoms with Crippen molar-refractivity contribution in [1.82, 2.24) is 10.3 Å². The van der Waals surface area contributed by atoms with E-state index >= 15 is 0 Å². The van der Waals surface area contributed by atoms with E-state index in [9.17, 15) is 23.1 Å². The summed E-state index contributed by atoms with van der Waals surface area (Å²) in [5, 5.41) is 23.6. The summed E-state index contributed by atoms with van der Waals surface area (Å²) in [6.07, 6.45) is -3.88. The first-order valence-electron chi connectivity index (χ1n) is 10.8. The van der Waals surface area contributed by atoms with Gasteiger partial charge in [-0.25, -0.2) is 9.78 Å². The lowest BCUT2D eigenvalue weighted by atomic mass is 9.92. The minimum Gasteiger partial charge on any atom is -0.489 e. The second kappa shape index (κ2) is 10.4. The number of pyridine rings is 1. The van der Waals surface area contributed by atoms with Crippen LogP contribution in [0.1, 0.15) is 39.2 Å². The maximum absolute atomic E-state index is 12.4. The summed E-state index contributed by atoms with van der Waals surface area (Å²) >= 11 is 0. The van der Waals surface area contributed by atoms with Crippen LogP contribution in [0.15, 0.2) is 36.5 Å². The van der Waals surface area contributed by atoms with Crippen LogP contribution < -0.4 is 20.1 Å². The summed E-state index contributed by atoms with van der Waals surface area (Å²) in [5.41, 5.74) is -0.120. The monoisotopic (exact) mass is 496 g/mol. The highest BCUT2D eigenvalue weighted by molar-refractivity contribution is 6.07.